The lowest BCUT2D eigenvalue weighted by molar-refractivity contribution is 0.113. The van der Waals surface area contributed by atoms with Gasteiger partial charge < -0.3 is 10.5 Å². The van der Waals surface area contributed by atoms with Gasteiger partial charge in [-0.2, -0.15) is 0 Å². The molecule has 0 spiro atoms. The molecule has 98 valence electrons. The maximum atomic E-state index is 11.8. The molecule has 0 saturated carbocycles. The lowest BCUT2D eigenvalue weighted by atomic mass is 10.0. The van der Waals surface area contributed by atoms with Crippen LogP contribution in [0.15, 0.2) is 18.2 Å². The molecule has 1 aliphatic heterocycles. The first-order valence-electron chi connectivity index (χ1n) is 6.02. The number of anilines is 1. The van der Waals surface area contributed by atoms with Crippen LogP contribution in [0.4, 0.5) is 10.5 Å². The highest BCUT2D eigenvalue weighted by molar-refractivity contribution is 6.30. The zero-order chi connectivity index (χ0) is 13.1. The van der Waals surface area contributed by atoms with E-state index in [9.17, 15) is 4.79 Å². The number of carbonyl (C=O) groups is 1. The predicted octanol–water partition coefficient (Wildman–Crippen LogP) is 2.57. The number of cyclic esters (lactones) is 1. The van der Waals surface area contributed by atoms with E-state index in [0.29, 0.717) is 30.6 Å². The maximum absolute atomic E-state index is 11.8. The minimum atomic E-state index is -0.298. The molecule has 1 aliphatic rings. The van der Waals surface area contributed by atoms with Crippen LogP contribution >= 0.6 is 11.6 Å². The second-order valence-corrected chi connectivity index (χ2v) is 5.00. The van der Waals surface area contributed by atoms with E-state index in [2.05, 4.69) is 0 Å². The molecule has 1 heterocycles. The van der Waals surface area contributed by atoms with Crippen LogP contribution in [0.3, 0.4) is 0 Å². The topological polar surface area (TPSA) is 55.6 Å². The van der Waals surface area contributed by atoms with Crippen LogP contribution in [0, 0.1) is 12.8 Å². The van der Waals surface area contributed by atoms with Gasteiger partial charge in [-0.05, 0) is 43.7 Å². The van der Waals surface area contributed by atoms with Crippen LogP contribution in [0.1, 0.15) is 12.0 Å². The summed E-state index contributed by atoms with van der Waals surface area (Å²) in [6, 6.07) is 5.48. The predicted molar refractivity (Wildman–Crippen MR) is 72.0 cm³/mol. The Morgan fingerprint density at radius 3 is 3.00 bits per heavy atom. The smallest absolute Gasteiger partial charge is 0.414 e. The van der Waals surface area contributed by atoms with E-state index >= 15 is 0 Å². The molecule has 1 atom stereocenters. The molecule has 4 nitrogen and oxygen atoms in total. The van der Waals surface area contributed by atoms with Crippen molar-refractivity contribution < 1.29 is 9.53 Å². The summed E-state index contributed by atoms with van der Waals surface area (Å²) in [6.07, 6.45) is 0.560. The van der Waals surface area contributed by atoms with Gasteiger partial charge in [-0.1, -0.05) is 11.6 Å². The molecule has 1 saturated heterocycles. The number of halogens is 1. The minimum Gasteiger partial charge on any atom is -0.449 e. The maximum Gasteiger partial charge on any atom is 0.414 e. The fourth-order valence-corrected chi connectivity index (χ4v) is 2.41. The van der Waals surface area contributed by atoms with Crippen LogP contribution in [0.2, 0.25) is 5.02 Å². The molecule has 1 aromatic rings. The number of hydrogen-bond acceptors (Lipinski definition) is 3. The highest BCUT2D eigenvalue weighted by Gasteiger charge is 2.28. The minimum absolute atomic E-state index is 0.294. The molecule has 2 rings (SSSR count). The normalized spacial score (nSPS) is 19.8. The first-order chi connectivity index (χ1) is 8.61. The van der Waals surface area contributed by atoms with Gasteiger partial charge in [0.15, 0.2) is 0 Å². The van der Waals surface area contributed by atoms with E-state index in [0.717, 1.165) is 17.7 Å². The Morgan fingerprint density at radius 2 is 2.33 bits per heavy atom. The molecular weight excluding hydrogens is 252 g/mol. The van der Waals surface area contributed by atoms with Crippen molar-refractivity contribution >= 4 is 23.4 Å². The summed E-state index contributed by atoms with van der Waals surface area (Å²) in [5, 5.41) is 0.667. The SMILES string of the molecule is Cc1cc(Cl)ccc1N1CC(CCN)COC1=O. The van der Waals surface area contributed by atoms with Gasteiger partial charge in [-0.25, -0.2) is 4.79 Å². The summed E-state index contributed by atoms with van der Waals surface area (Å²) in [6.45, 7) is 3.65. The Labute approximate surface area is 112 Å². The van der Waals surface area contributed by atoms with E-state index in [1.165, 1.54) is 0 Å². The third-order valence-corrected chi connectivity index (χ3v) is 3.36. The number of rotatable bonds is 3. The van der Waals surface area contributed by atoms with Crippen LogP contribution < -0.4 is 10.6 Å². The zero-order valence-electron chi connectivity index (χ0n) is 10.4. The molecule has 0 aromatic heterocycles. The molecule has 18 heavy (non-hydrogen) atoms. The van der Waals surface area contributed by atoms with Crippen molar-refractivity contribution in [3.05, 3.63) is 28.8 Å². The van der Waals surface area contributed by atoms with Gasteiger partial charge in [0.25, 0.3) is 0 Å². The van der Waals surface area contributed by atoms with Gasteiger partial charge >= 0.3 is 6.09 Å². The van der Waals surface area contributed by atoms with Crippen LogP contribution in [0.25, 0.3) is 0 Å². The summed E-state index contributed by atoms with van der Waals surface area (Å²) >= 11 is 5.92. The van der Waals surface area contributed by atoms with Gasteiger partial charge in [-0.3, -0.25) is 4.90 Å². The van der Waals surface area contributed by atoms with E-state index in [1.54, 1.807) is 11.0 Å². The highest BCUT2D eigenvalue weighted by atomic mass is 35.5. The van der Waals surface area contributed by atoms with Gasteiger partial charge in [0.05, 0.1) is 12.3 Å². The molecular formula is C13H17ClN2O2. The van der Waals surface area contributed by atoms with Gasteiger partial charge in [-0.15, -0.1) is 0 Å². The lowest BCUT2D eigenvalue weighted by Gasteiger charge is -2.32. The standard InChI is InChI=1S/C13H17ClN2O2/c1-9-6-11(14)2-3-12(9)16-7-10(4-5-15)8-18-13(16)17/h2-3,6,10H,4-5,7-8,15H2,1H3. The summed E-state index contributed by atoms with van der Waals surface area (Å²) in [5.74, 6) is 0.294. The number of hydrogen-bond donors (Lipinski definition) is 1. The van der Waals surface area contributed by atoms with Crippen molar-refractivity contribution in [2.24, 2.45) is 11.7 Å². The molecule has 0 bridgehead atoms. The third-order valence-electron chi connectivity index (χ3n) is 3.13. The quantitative estimate of drug-likeness (QED) is 0.917. The number of benzene rings is 1. The van der Waals surface area contributed by atoms with E-state index < -0.39 is 0 Å². The van der Waals surface area contributed by atoms with Crippen molar-refractivity contribution in [3.63, 3.8) is 0 Å². The molecule has 5 heteroatoms. The summed E-state index contributed by atoms with van der Waals surface area (Å²) in [4.78, 5) is 13.5. The molecule has 1 unspecified atom stereocenters. The number of amides is 1. The average molecular weight is 269 g/mol. The Hall–Kier alpha value is -1.26. The second kappa shape index (κ2) is 5.59. The van der Waals surface area contributed by atoms with Crippen molar-refractivity contribution in [1.29, 1.82) is 0 Å². The van der Waals surface area contributed by atoms with Crippen molar-refractivity contribution in [3.8, 4) is 0 Å². The molecule has 0 radical (unpaired) electrons. The van der Waals surface area contributed by atoms with Gasteiger partial charge in [0.1, 0.15) is 0 Å². The summed E-state index contributed by atoms with van der Waals surface area (Å²) in [5.41, 5.74) is 7.37. The first kappa shape index (κ1) is 13.2. The highest BCUT2D eigenvalue weighted by Crippen LogP contribution is 2.27. The fourth-order valence-electron chi connectivity index (χ4n) is 2.18. The lowest BCUT2D eigenvalue weighted by Crippen LogP contribution is -2.44. The average Bonchev–Trinajstić information content (AvgIpc) is 2.33. The number of carbonyl (C=O) groups excluding carboxylic acids is 1. The number of nitrogens with zero attached hydrogens (tertiary/aromatic N) is 1. The summed E-state index contributed by atoms with van der Waals surface area (Å²) < 4.78 is 5.19. The van der Waals surface area contributed by atoms with Gasteiger partial charge in [0, 0.05) is 17.5 Å². The van der Waals surface area contributed by atoms with Crippen molar-refractivity contribution in [2.45, 2.75) is 13.3 Å². The fraction of sp³-hybridized carbons (Fsp3) is 0.462. The molecule has 1 fully saturated rings. The van der Waals surface area contributed by atoms with Crippen LogP contribution in [0.5, 0.6) is 0 Å². The van der Waals surface area contributed by atoms with Crippen molar-refractivity contribution in [2.75, 3.05) is 24.6 Å². The van der Waals surface area contributed by atoms with E-state index in [-0.39, 0.29) is 6.09 Å². The van der Waals surface area contributed by atoms with E-state index in [1.807, 2.05) is 19.1 Å². The molecule has 1 amide bonds. The number of nitrogens with two attached hydrogens (primary N) is 1. The van der Waals surface area contributed by atoms with E-state index in [4.69, 9.17) is 22.1 Å². The Morgan fingerprint density at radius 1 is 1.56 bits per heavy atom. The Bertz CT molecular complexity index is 451. The molecule has 1 aromatic carbocycles. The van der Waals surface area contributed by atoms with Gasteiger partial charge in [0.2, 0.25) is 0 Å². The first-order valence-corrected chi connectivity index (χ1v) is 6.40. The van der Waals surface area contributed by atoms with Crippen molar-refractivity contribution in [1.82, 2.24) is 0 Å². The molecule has 0 aliphatic carbocycles. The second-order valence-electron chi connectivity index (χ2n) is 4.56. The number of aryl methyl sites for hydroxylation is 1. The molecule has 2 N–H and O–H groups in total. The largest absolute Gasteiger partial charge is 0.449 e. The Kier molecular flexibility index (Phi) is 4.09. The summed E-state index contributed by atoms with van der Waals surface area (Å²) in [7, 11) is 0. The Balaban J connectivity index is 2.21. The number of ether oxygens (including phenoxy) is 1. The van der Waals surface area contributed by atoms with Crippen LogP contribution in [-0.2, 0) is 4.74 Å². The zero-order valence-corrected chi connectivity index (χ0v) is 11.1. The monoisotopic (exact) mass is 268 g/mol. The third kappa shape index (κ3) is 2.76. The van der Waals surface area contributed by atoms with Crippen LogP contribution in [-0.4, -0.2) is 25.8 Å².